The van der Waals surface area contributed by atoms with Crippen molar-refractivity contribution < 1.29 is 4.39 Å². The van der Waals surface area contributed by atoms with Crippen LogP contribution in [0, 0.1) is 0 Å². The Morgan fingerprint density at radius 3 is 2.09 bits per heavy atom. The Labute approximate surface area is 92.2 Å². The molecule has 0 amide bonds. The maximum absolute atomic E-state index is 13.1. The molecule has 11 heavy (non-hydrogen) atoms. The predicted octanol–water partition coefficient (Wildman–Crippen LogP) is 4.15. The molecule has 0 unspecified atom stereocenters. The van der Waals surface area contributed by atoms with Crippen molar-refractivity contribution in [3.8, 4) is 0 Å². The van der Waals surface area contributed by atoms with E-state index in [2.05, 4.69) is 0 Å². The van der Waals surface area contributed by atoms with E-state index >= 15 is 0 Å². The van der Waals surface area contributed by atoms with Gasteiger partial charge in [-0.25, -0.2) is 4.39 Å². The Hall–Kier alpha value is 0.350. The highest BCUT2D eigenvalue weighted by Gasteiger charge is 2.01. The minimum atomic E-state index is -0.146. The Morgan fingerprint density at radius 1 is 1.09 bits per heavy atom. The van der Waals surface area contributed by atoms with E-state index in [4.69, 9.17) is 0 Å². The van der Waals surface area contributed by atoms with Crippen molar-refractivity contribution in [1.82, 2.24) is 0 Å². The normalized spacial score (nSPS) is 9.36. The predicted molar refractivity (Wildman–Crippen MR) is 62.5 cm³/mol. The highest BCUT2D eigenvalue weighted by atomic mass is 127. The molecule has 0 nitrogen and oxygen atoms in total. The molecular weight excluding hydrogens is 369 g/mol. The van der Waals surface area contributed by atoms with Crippen molar-refractivity contribution in [3.63, 3.8) is 0 Å². The van der Waals surface area contributed by atoms with E-state index in [1.165, 1.54) is 0 Å². The van der Waals surface area contributed by atoms with Crippen molar-refractivity contribution >= 4 is 51.0 Å². The van der Waals surface area contributed by atoms with Crippen molar-refractivity contribution in [3.05, 3.63) is 37.5 Å². The number of benzene rings is 1. The molecule has 0 heterocycles. The summed E-state index contributed by atoms with van der Waals surface area (Å²) in [5.41, 5.74) is 0.645. The Morgan fingerprint density at radius 2 is 1.64 bits per heavy atom. The fourth-order valence-corrected chi connectivity index (χ4v) is 1.32. The van der Waals surface area contributed by atoms with Gasteiger partial charge in [-0.1, -0.05) is 30.3 Å². The Kier molecular flexibility index (Phi) is 3.77. The Bertz CT molecular complexity index is 263. The van der Waals surface area contributed by atoms with Gasteiger partial charge in [0.25, 0.3) is 0 Å². The average molecular weight is 374 g/mol. The van der Waals surface area contributed by atoms with Crippen LogP contribution in [0.5, 0.6) is 0 Å². The highest BCUT2D eigenvalue weighted by molar-refractivity contribution is 14.2. The molecule has 0 saturated heterocycles. The van der Waals surface area contributed by atoms with Crippen LogP contribution >= 0.6 is 45.2 Å². The summed E-state index contributed by atoms with van der Waals surface area (Å²) in [5.74, 6) is -0.146. The van der Waals surface area contributed by atoms with Gasteiger partial charge < -0.3 is 0 Å². The van der Waals surface area contributed by atoms with Gasteiger partial charge in [0.2, 0.25) is 0 Å². The fraction of sp³-hybridized carbons (Fsp3) is 0. The molecule has 0 aromatic heterocycles. The van der Waals surface area contributed by atoms with Gasteiger partial charge in [-0.05, 0) is 45.2 Å². The summed E-state index contributed by atoms with van der Waals surface area (Å²) in [6.45, 7) is 0. The zero-order chi connectivity index (χ0) is 8.27. The fourth-order valence-electron chi connectivity index (χ4n) is 0.694. The summed E-state index contributed by atoms with van der Waals surface area (Å²) in [6, 6.07) is 9.03. The number of hydrogen-bond donors (Lipinski definition) is 0. The smallest absolute Gasteiger partial charge is 0.149 e. The van der Waals surface area contributed by atoms with E-state index in [-0.39, 0.29) is 5.83 Å². The zero-order valence-corrected chi connectivity index (χ0v) is 9.84. The van der Waals surface area contributed by atoms with E-state index in [9.17, 15) is 4.39 Å². The first-order valence-corrected chi connectivity index (χ1v) is 5.14. The lowest BCUT2D eigenvalue weighted by atomic mass is 10.2. The maximum atomic E-state index is 13.1. The summed E-state index contributed by atoms with van der Waals surface area (Å²) in [7, 11) is 0. The molecule has 0 aliphatic rings. The van der Waals surface area contributed by atoms with Crippen molar-refractivity contribution in [1.29, 1.82) is 0 Å². The molecule has 3 heteroatoms. The quantitative estimate of drug-likeness (QED) is 0.649. The summed E-state index contributed by atoms with van der Waals surface area (Å²) in [5, 5.41) is 0. The van der Waals surface area contributed by atoms with E-state index in [0.717, 1.165) is 0 Å². The number of rotatable bonds is 1. The molecule has 0 aliphatic carbocycles. The van der Waals surface area contributed by atoms with Crippen molar-refractivity contribution in [2.45, 2.75) is 0 Å². The van der Waals surface area contributed by atoms with Gasteiger partial charge in [-0.3, -0.25) is 0 Å². The SMILES string of the molecule is FC(=C(I)I)c1ccccc1. The first kappa shape index (κ1) is 9.44. The molecule has 0 saturated carbocycles. The Balaban J connectivity index is 3.04. The zero-order valence-electron chi connectivity index (χ0n) is 5.52. The number of halogens is 3. The van der Waals surface area contributed by atoms with Crippen LogP contribution in [0.1, 0.15) is 5.56 Å². The van der Waals surface area contributed by atoms with Gasteiger partial charge in [-0.2, -0.15) is 0 Å². The second kappa shape index (κ2) is 4.39. The molecule has 0 bridgehead atoms. The molecule has 0 spiro atoms. The largest absolute Gasteiger partial charge is 0.205 e. The number of hydrogen-bond acceptors (Lipinski definition) is 0. The minimum absolute atomic E-state index is 0.146. The molecule has 58 valence electrons. The minimum Gasteiger partial charge on any atom is -0.205 e. The molecule has 1 aromatic carbocycles. The van der Waals surface area contributed by atoms with E-state index in [1.54, 1.807) is 12.1 Å². The summed E-state index contributed by atoms with van der Waals surface area (Å²) >= 11 is 3.93. The first-order chi connectivity index (χ1) is 5.22. The van der Waals surface area contributed by atoms with Gasteiger partial charge in [-0.15, -0.1) is 0 Å². The molecular formula is C8H5FI2. The summed E-state index contributed by atoms with van der Waals surface area (Å²) in [4.78, 5) is 0. The lowest BCUT2D eigenvalue weighted by Gasteiger charge is -1.95. The van der Waals surface area contributed by atoms with Gasteiger partial charge in [0.1, 0.15) is 5.83 Å². The third kappa shape index (κ3) is 2.70. The lowest BCUT2D eigenvalue weighted by molar-refractivity contribution is 0.762. The van der Waals surface area contributed by atoms with Crippen molar-refractivity contribution in [2.24, 2.45) is 0 Å². The van der Waals surface area contributed by atoms with E-state index in [0.29, 0.717) is 7.15 Å². The summed E-state index contributed by atoms with van der Waals surface area (Å²) < 4.78 is 13.8. The molecule has 1 rings (SSSR count). The van der Waals surface area contributed by atoms with E-state index in [1.807, 2.05) is 63.4 Å². The van der Waals surface area contributed by atoms with Gasteiger partial charge in [0.15, 0.2) is 0 Å². The third-order valence-electron chi connectivity index (χ3n) is 1.19. The molecule has 0 radical (unpaired) electrons. The van der Waals surface area contributed by atoms with Crippen LogP contribution in [0.2, 0.25) is 0 Å². The van der Waals surface area contributed by atoms with Crippen LogP contribution in [-0.2, 0) is 0 Å². The standard InChI is InChI=1S/C8H5FI2/c9-7(8(10)11)6-4-2-1-3-5-6/h1-5H. The highest BCUT2D eigenvalue weighted by Crippen LogP contribution is 2.28. The van der Waals surface area contributed by atoms with Crippen LogP contribution in [-0.4, -0.2) is 0 Å². The van der Waals surface area contributed by atoms with E-state index < -0.39 is 0 Å². The molecule has 0 atom stereocenters. The van der Waals surface area contributed by atoms with Crippen LogP contribution in [0.4, 0.5) is 4.39 Å². The monoisotopic (exact) mass is 374 g/mol. The average Bonchev–Trinajstić information content (AvgIpc) is 2.05. The maximum Gasteiger partial charge on any atom is 0.149 e. The summed E-state index contributed by atoms with van der Waals surface area (Å²) in [6.07, 6.45) is 0. The molecule has 0 N–H and O–H groups in total. The van der Waals surface area contributed by atoms with Gasteiger partial charge in [0.05, 0.1) is 1.59 Å². The lowest BCUT2D eigenvalue weighted by Crippen LogP contribution is -1.75. The molecule has 0 aliphatic heterocycles. The second-order valence-electron chi connectivity index (χ2n) is 1.94. The third-order valence-corrected chi connectivity index (χ3v) is 2.14. The second-order valence-corrected chi connectivity index (χ2v) is 6.16. The van der Waals surface area contributed by atoms with Crippen molar-refractivity contribution in [2.75, 3.05) is 0 Å². The van der Waals surface area contributed by atoms with Crippen LogP contribution in [0.25, 0.3) is 5.83 Å². The van der Waals surface area contributed by atoms with Gasteiger partial charge in [0, 0.05) is 5.56 Å². The van der Waals surface area contributed by atoms with Crippen LogP contribution in [0.15, 0.2) is 31.9 Å². The topological polar surface area (TPSA) is 0 Å². The van der Waals surface area contributed by atoms with Gasteiger partial charge >= 0.3 is 0 Å². The van der Waals surface area contributed by atoms with Crippen LogP contribution < -0.4 is 0 Å². The molecule has 1 aromatic rings. The van der Waals surface area contributed by atoms with Crippen LogP contribution in [0.3, 0.4) is 0 Å². The molecule has 0 fully saturated rings. The first-order valence-electron chi connectivity index (χ1n) is 2.98.